The molecule has 0 spiro atoms. The minimum absolute atomic E-state index is 0.0251. The average Bonchev–Trinajstić information content (AvgIpc) is 2.77. The van der Waals surface area contributed by atoms with Crippen molar-refractivity contribution in [3.05, 3.63) is 30.3 Å². The van der Waals surface area contributed by atoms with Crippen molar-refractivity contribution in [2.75, 3.05) is 6.54 Å². The Morgan fingerprint density at radius 3 is 1.85 bits per heavy atom. The van der Waals surface area contributed by atoms with Gasteiger partial charge in [-0.05, 0) is 37.8 Å². The van der Waals surface area contributed by atoms with Gasteiger partial charge in [0, 0.05) is 13.0 Å². The molecule has 13 heteroatoms. The lowest BCUT2D eigenvalue weighted by Crippen LogP contribution is -2.51. The Hall–Kier alpha value is -3.19. The summed E-state index contributed by atoms with van der Waals surface area (Å²) in [4.78, 5) is 45.0. The minimum atomic E-state index is -3.67. The second-order valence-corrected chi connectivity index (χ2v) is 8.31. The molecule has 0 aliphatic heterocycles. The third-order valence-corrected chi connectivity index (χ3v) is 5.60. The standard InChI is InChI=1S/C18H25N3O9S.C2H6/c22-15(23)10-9-14(17(26)27)21-18(28)20-13(16(24)25)8-4-5-11-19-31(29,30)12-6-2-1-3-7-12;1-2/h1-3,6-7,13-14,19H,4-5,8-11H2,(H,22,23)(H,24,25)(H,26,27)(H2,20,21,28);1-2H3/t13-,14-;/m0./s1. The summed E-state index contributed by atoms with van der Waals surface area (Å²) < 4.78 is 26.6. The molecule has 0 aromatic heterocycles. The SMILES string of the molecule is CC.O=C(O)CC[C@H](NC(=O)N[C@@H](CCCCNS(=O)(=O)c1ccccc1)C(=O)O)C(=O)O. The van der Waals surface area contributed by atoms with Gasteiger partial charge in [-0.25, -0.2) is 27.5 Å². The van der Waals surface area contributed by atoms with Gasteiger partial charge in [0.1, 0.15) is 12.1 Å². The molecule has 0 saturated carbocycles. The van der Waals surface area contributed by atoms with Crippen molar-refractivity contribution in [1.29, 1.82) is 0 Å². The summed E-state index contributed by atoms with van der Waals surface area (Å²) >= 11 is 0. The number of aliphatic carboxylic acids is 3. The number of nitrogens with one attached hydrogen (secondary N) is 3. The molecule has 0 heterocycles. The third kappa shape index (κ3) is 12.4. The largest absolute Gasteiger partial charge is 0.481 e. The van der Waals surface area contributed by atoms with E-state index < -0.39 is 52.5 Å². The molecule has 0 aliphatic rings. The first-order chi connectivity index (χ1) is 15.5. The van der Waals surface area contributed by atoms with Gasteiger partial charge in [-0.2, -0.15) is 0 Å². The fourth-order valence-electron chi connectivity index (χ4n) is 2.50. The maximum absolute atomic E-state index is 12.1. The maximum atomic E-state index is 12.1. The Labute approximate surface area is 192 Å². The number of carbonyl (C=O) groups is 4. The molecule has 0 radical (unpaired) electrons. The molecule has 1 aromatic carbocycles. The minimum Gasteiger partial charge on any atom is -0.481 e. The first-order valence-electron chi connectivity index (χ1n) is 10.3. The number of carbonyl (C=O) groups excluding carboxylic acids is 1. The van der Waals surface area contributed by atoms with E-state index in [9.17, 15) is 32.7 Å². The van der Waals surface area contributed by atoms with Gasteiger partial charge in [-0.3, -0.25) is 4.79 Å². The first-order valence-corrected chi connectivity index (χ1v) is 11.8. The van der Waals surface area contributed by atoms with Gasteiger partial charge in [-0.1, -0.05) is 32.0 Å². The number of hydrogen-bond donors (Lipinski definition) is 6. The van der Waals surface area contributed by atoms with Crippen LogP contribution >= 0.6 is 0 Å². The van der Waals surface area contributed by atoms with E-state index in [2.05, 4.69) is 10.0 Å². The molecule has 1 rings (SSSR count). The Morgan fingerprint density at radius 2 is 1.36 bits per heavy atom. The zero-order valence-electron chi connectivity index (χ0n) is 18.5. The van der Waals surface area contributed by atoms with Crippen LogP contribution in [0.4, 0.5) is 4.79 Å². The Balaban J connectivity index is 0.00000497. The monoisotopic (exact) mass is 489 g/mol. The van der Waals surface area contributed by atoms with Crippen LogP contribution in [0.2, 0.25) is 0 Å². The van der Waals surface area contributed by atoms with Crippen molar-refractivity contribution in [1.82, 2.24) is 15.4 Å². The number of hydrogen-bond acceptors (Lipinski definition) is 6. The average molecular weight is 490 g/mol. The van der Waals surface area contributed by atoms with E-state index >= 15 is 0 Å². The molecule has 2 amide bonds. The van der Waals surface area contributed by atoms with Crippen LogP contribution in [-0.4, -0.2) is 66.3 Å². The molecular formula is C20H31N3O9S. The predicted molar refractivity (Wildman–Crippen MR) is 118 cm³/mol. The van der Waals surface area contributed by atoms with Gasteiger partial charge in [0.25, 0.3) is 0 Å². The number of urea groups is 1. The van der Waals surface area contributed by atoms with Crippen LogP contribution in [0, 0.1) is 0 Å². The van der Waals surface area contributed by atoms with E-state index in [4.69, 9.17) is 10.2 Å². The summed E-state index contributed by atoms with van der Waals surface area (Å²) in [5.74, 6) is -4.04. The predicted octanol–water partition coefficient (Wildman–Crippen LogP) is 1.23. The number of amides is 2. The van der Waals surface area contributed by atoms with E-state index in [1.807, 2.05) is 19.2 Å². The highest BCUT2D eigenvalue weighted by Crippen LogP contribution is 2.08. The molecule has 0 bridgehead atoms. The van der Waals surface area contributed by atoms with Crippen molar-refractivity contribution in [2.24, 2.45) is 0 Å². The number of carboxylic acids is 3. The molecule has 1 aromatic rings. The van der Waals surface area contributed by atoms with Crippen LogP contribution in [0.1, 0.15) is 46.0 Å². The van der Waals surface area contributed by atoms with Crippen molar-refractivity contribution in [2.45, 2.75) is 62.9 Å². The normalized spacial score (nSPS) is 12.4. The molecule has 6 N–H and O–H groups in total. The molecule has 2 atom stereocenters. The van der Waals surface area contributed by atoms with Gasteiger partial charge < -0.3 is 26.0 Å². The fraction of sp³-hybridized carbons (Fsp3) is 0.500. The lowest BCUT2D eigenvalue weighted by Gasteiger charge is -2.18. The highest BCUT2D eigenvalue weighted by atomic mass is 32.2. The molecule has 0 aliphatic carbocycles. The van der Waals surface area contributed by atoms with Crippen molar-refractivity contribution in [3.63, 3.8) is 0 Å². The van der Waals surface area contributed by atoms with Gasteiger partial charge >= 0.3 is 23.9 Å². The van der Waals surface area contributed by atoms with Crippen LogP contribution in [0.3, 0.4) is 0 Å². The smallest absolute Gasteiger partial charge is 0.326 e. The number of carboxylic acid groups (broad SMARTS) is 3. The lowest BCUT2D eigenvalue weighted by atomic mass is 10.1. The summed E-state index contributed by atoms with van der Waals surface area (Å²) in [6.45, 7) is 4.06. The topological polar surface area (TPSA) is 199 Å². The summed E-state index contributed by atoms with van der Waals surface area (Å²) in [5, 5.41) is 31.0. The fourth-order valence-corrected chi connectivity index (χ4v) is 3.60. The maximum Gasteiger partial charge on any atom is 0.326 e. The Morgan fingerprint density at radius 1 is 0.848 bits per heavy atom. The third-order valence-electron chi connectivity index (χ3n) is 4.12. The molecular weight excluding hydrogens is 458 g/mol. The second kappa shape index (κ2) is 15.6. The van der Waals surface area contributed by atoms with E-state index in [-0.39, 0.29) is 30.7 Å². The molecule has 12 nitrogen and oxygen atoms in total. The van der Waals surface area contributed by atoms with Crippen LogP contribution in [0.15, 0.2) is 35.2 Å². The van der Waals surface area contributed by atoms with E-state index in [1.165, 1.54) is 12.1 Å². The summed E-state index contributed by atoms with van der Waals surface area (Å²) in [5.41, 5.74) is 0. The van der Waals surface area contributed by atoms with Crippen LogP contribution < -0.4 is 15.4 Å². The van der Waals surface area contributed by atoms with Crippen molar-refractivity contribution < 1.29 is 42.9 Å². The Bertz CT molecular complexity index is 876. The molecule has 0 unspecified atom stereocenters. The molecule has 33 heavy (non-hydrogen) atoms. The molecule has 0 saturated heterocycles. The first kappa shape index (κ1) is 29.8. The highest BCUT2D eigenvalue weighted by Gasteiger charge is 2.24. The van der Waals surface area contributed by atoms with E-state index in [0.29, 0.717) is 6.42 Å². The summed E-state index contributed by atoms with van der Waals surface area (Å²) in [7, 11) is -3.67. The summed E-state index contributed by atoms with van der Waals surface area (Å²) in [6.07, 6.45) is -0.315. The van der Waals surface area contributed by atoms with E-state index in [0.717, 1.165) is 0 Å². The van der Waals surface area contributed by atoms with Crippen LogP contribution in [-0.2, 0) is 24.4 Å². The van der Waals surface area contributed by atoms with Crippen molar-refractivity contribution >= 4 is 34.0 Å². The van der Waals surface area contributed by atoms with Crippen LogP contribution in [0.25, 0.3) is 0 Å². The molecule has 0 fully saturated rings. The zero-order valence-corrected chi connectivity index (χ0v) is 19.3. The van der Waals surface area contributed by atoms with E-state index in [1.54, 1.807) is 18.2 Å². The number of rotatable bonds is 14. The van der Waals surface area contributed by atoms with Gasteiger partial charge in [0.2, 0.25) is 10.0 Å². The second-order valence-electron chi connectivity index (χ2n) is 6.54. The molecule has 186 valence electrons. The quantitative estimate of drug-likeness (QED) is 0.208. The number of benzene rings is 1. The van der Waals surface area contributed by atoms with Gasteiger partial charge in [0.15, 0.2) is 0 Å². The Kier molecular flexibility index (Phi) is 14.1. The van der Waals surface area contributed by atoms with Crippen molar-refractivity contribution in [3.8, 4) is 0 Å². The van der Waals surface area contributed by atoms with Crippen LogP contribution in [0.5, 0.6) is 0 Å². The summed E-state index contributed by atoms with van der Waals surface area (Å²) in [6, 6.07) is 3.84. The number of sulfonamides is 1. The highest BCUT2D eigenvalue weighted by molar-refractivity contribution is 7.89. The number of unbranched alkanes of at least 4 members (excludes halogenated alkanes) is 1. The lowest BCUT2D eigenvalue weighted by molar-refractivity contribution is -0.140. The van der Waals surface area contributed by atoms with Gasteiger partial charge in [0.05, 0.1) is 4.90 Å². The zero-order chi connectivity index (χ0) is 25.4. The van der Waals surface area contributed by atoms with Gasteiger partial charge in [-0.15, -0.1) is 0 Å².